The molecule has 2 aromatic carbocycles. The largest absolute Gasteiger partial charge is 0.504 e. The van der Waals surface area contributed by atoms with Crippen molar-refractivity contribution in [2.24, 2.45) is 0 Å². The fraction of sp³-hybridized carbons (Fsp3) is 0.343. The molecule has 0 saturated carbocycles. The van der Waals surface area contributed by atoms with Gasteiger partial charge in [-0.05, 0) is 57.4 Å². The average molecular weight is 753 g/mol. The summed E-state index contributed by atoms with van der Waals surface area (Å²) in [5.41, 5.74) is -2.01. The molecule has 53 heavy (non-hydrogen) atoms. The summed E-state index contributed by atoms with van der Waals surface area (Å²) in [5, 5.41) is 27.6. The molecule has 0 unspecified atom stereocenters. The highest BCUT2D eigenvalue weighted by atomic mass is 35.5. The van der Waals surface area contributed by atoms with Crippen LogP contribution in [0.5, 0.6) is 5.75 Å². The first-order valence-electron chi connectivity index (χ1n) is 16.4. The molecule has 3 N–H and O–H groups in total. The molecule has 0 aliphatic carbocycles. The maximum Gasteiger partial charge on any atom is 0.416 e. The molecule has 3 aromatic heterocycles. The number of aromatic nitrogens is 6. The van der Waals surface area contributed by atoms with Crippen molar-refractivity contribution >= 4 is 34.9 Å². The number of anilines is 1. The molecule has 0 atom stereocenters. The average Bonchev–Trinajstić information content (AvgIpc) is 3.71. The number of benzene rings is 2. The van der Waals surface area contributed by atoms with E-state index >= 15 is 0 Å². The van der Waals surface area contributed by atoms with Gasteiger partial charge in [0.25, 0.3) is 11.5 Å². The Hall–Kier alpha value is -5.39. The number of carbonyl (C=O) groups is 2. The summed E-state index contributed by atoms with van der Waals surface area (Å²) in [7, 11) is 0. The van der Waals surface area contributed by atoms with E-state index in [2.05, 4.69) is 25.4 Å². The SMILES string of the molecule is Cc1ncnc(C(=O)N2CCC3(CC2)OCc2c3c(=O)n3nc(-c4ccc(C(C)(C)O)cc4)nc3n2CC(=O)Nc2ccc(C(F)(F)F)cc2Cl)c1O. The number of aromatic hydroxyl groups is 1. The van der Waals surface area contributed by atoms with Crippen LogP contribution in [0.3, 0.4) is 0 Å². The minimum Gasteiger partial charge on any atom is -0.504 e. The first-order valence-corrected chi connectivity index (χ1v) is 16.8. The summed E-state index contributed by atoms with van der Waals surface area (Å²) >= 11 is 6.12. The predicted octanol–water partition coefficient (Wildman–Crippen LogP) is 4.56. The van der Waals surface area contributed by atoms with Gasteiger partial charge in [-0.25, -0.2) is 9.97 Å². The number of amides is 2. The smallest absolute Gasteiger partial charge is 0.416 e. The first-order chi connectivity index (χ1) is 25.0. The molecule has 18 heteroatoms. The van der Waals surface area contributed by atoms with Crippen molar-refractivity contribution in [1.29, 1.82) is 0 Å². The molecule has 2 aliphatic heterocycles. The first kappa shape index (κ1) is 36.0. The van der Waals surface area contributed by atoms with E-state index in [0.717, 1.165) is 16.6 Å². The van der Waals surface area contributed by atoms with Crippen LogP contribution in [0.15, 0.2) is 53.6 Å². The number of carbonyl (C=O) groups excluding carboxylic acids is 2. The van der Waals surface area contributed by atoms with Crippen molar-refractivity contribution in [1.82, 2.24) is 34.0 Å². The number of hydrogen-bond donors (Lipinski definition) is 3. The van der Waals surface area contributed by atoms with E-state index in [-0.39, 0.29) is 77.6 Å². The van der Waals surface area contributed by atoms with Crippen molar-refractivity contribution < 1.29 is 37.7 Å². The minimum atomic E-state index is -4.63. The van der Waals surface area contributed by atoms with Gasteiger partial charge in [0.15, 0.2) is 17.3 Å². The zero-order valence-electron chi connectivity index (χ0n) is 28.5. The van der Waals surface area contributed by atoms with Crippen molar-refractivity contribution in [3.05, 3.63) is 97.9 Å². The third-order valence-corrected chi connectivity index (χ3v) is 9.89. The number of rotatable bonds is 6. The maximum absolute atomic E-state index is 14.3. The second-order valence-electron chi connectivity index (χ2n) is 13.5. The summed E-state index contributed by atoms with van der Waals surface area (Å²) < 4.78 is 48.6. The molecule has 276 valence electrons. The lowest BCUT2D eigenvalue weighted by Gasteiger charge is -2.38. The monoisotopic (exact) mass is 752 g/mol. The third kappa shape index (κ3) is 6.48. The molecule has 2 aliphatic rings. The Morgan fingerprint density at radius 3 is 2.38 bits per heavy atom. The van der Waals surface area contributed by atoms with E-state index in [0.29, 0.717) is 22.9 Å². The van der Waals surface area contributed by atoms with Gasteiger partial charge in [0, 0.05) is 18.7 Å². The lowest BCUT2D eigenvalue weighted by atomic mass is 9.85. The van der Waals surface area contributed by atoms with Gasteiger partial charge in [-0.2, -0.15) is 22.7 Å². The standard InChI is InChI=1S/C35H32ClF3N8O6/c1-18-28(49)27(41-17-40-18)31(51)45-12-10-34(11-13-45)26-24(16-53-34)46(15-25(48)42-23-9-8-21(14-22(23)36)35(37,38)39)32-43-29(44-47(32)30(26)50)19-4-6-20(7-5-19)33(2,3)52/h4-9,14,17,49,52H,10-13,15-16H2,1-3H3,(H,42,48). The van der Waals surface area contributed by atoms with Gasteiger partial charge < -0.3 is 29.7 Å². The van der Waals surface area contributed by atoms with Gasteiger partial charge in [-0.3, -0.25) is 14.4 Å². The molecule has 0 radical (unpaired) electrons. The number of nitrogens with zero attached hydrogens (tertiary/aromatic N) is 7. The lowest BCUT2D eigenvalue weighted by molar-refractivity contribution is -0.137. The second kappa shape index (κ2) is 12.9. The molecule has 5 aromatic rings. The summed E-state index contributed by atoms with van der Waals surface area (Å²) in [6.07, 6.45) is -3.08. The van der Waals surface area contributed by atoms with E-state index < -0.39 is 46.9 Å². The number of hydrogen-bond acceptors (Lipinski definition) is 10. The van der Waals surface area contributed by atoms with Gasteiger partial charge in [-0.15, -0.1) is 5.10 Å². The topological polar surface area (TPSA) is 177 Å². The number of fused-ring (bicyclic) bond motifs is 3. The zero-order chi connectivity index (χ0) is 38.0. The molecule has 0 bridgehead atoms. The number of alkyl halides is 3. The second-order valence-corrected chi connectivity index (χ2v) is 13.9. The van der Waals surface area contributed by atoms with Crippen molar-refractivity contribution in [3.8, 4) is 17.1 Å². The van der Waals surface area contributed by atoms with Crippen LogP contribution in [0, 0.1) is 6.92 Å². The van der Waals surface area contributed by atoms with E-state index in [1.54, 1.807) is 45.0 Å². The zero-order valence-corrected chi connectivity index (χ0v) is 29.3. The van der Waals surface area contributed by atoms with Crippen LogP contribution in [0.1, 0.15) is 65.3 Å². The van der Waals surface area contributed by atoms with E-state index in [9.17, 15) is 37.8 Å². The summed E-state index contributed by atoms with van der Waals surface area (Å²) in [4.78, 5) is 55.2. The molecule has 14 nitrogen and oxygen atoms in total. The Bertz CT molecular complexity index is 2350. The number of aryl methyl sites for hydroxylation is 1. The van der Waals surface area contributed by atoms with Gasteiger partial charge >= 0.3 is 6.18 Å². The molecule has 5 heterocycles. The fourth-order valence-corrected chi connectivity index (χ4v) is 6.89. The van der Waals surface area contributed by atoms with Gasteiger partial charge in [0.05, 0.1) is 45.4 Å². The Morgan fingerprint density at radius 1 is 1.06 bits per heavy atom. The summed E-state index contributed by atoms with van der Waals surface area (Å²) in [5.74, 6) is -1.35. The van der Waals surface area contributed by atoms with Crippen molar-refractivity contribution in [2.45, 2.75) is 64.1 Å². The molecule has 1 saturated heterocycles. The Morgan fingerprint density at radius 2 is 1.74 bits per heavy atom. The van der Waals surface area contributed by atoms with Gasteiger partial charge in [-0.1, -0.05) is 35.9 Å². The lowest BCUT2D eigenvalue weighted by Crippen LogP contribution is -2.47. The van der Waals surface area contributed by atoms with E-state index in [4.69, 9.17) is 16.3 Å². The van der Waals surface area contributed by atoms with Crippen LogP contribution in [0.4, 0.5) is 18.9 Å². The summed E-state index contributed by atoms with van der Waals surface area (Å²) in [6, 6.07) is 9.35. The van der Waals surface area contributed by atoms with Crippen LogP contribution in [-0.4, -0.2) is 69.1 Å². The molecule has 2 amide bonds. The number of ether oxygens (including phenoxy) is 1. The van der Waals surface area contributed by atoms with Gasteiger partial charge in [0.1, 0.15) is 18.5 Å². The Labute approximate surface area is 303 Å². The van der Waals surface area contributed by atoms with Crippen molar-refractivity contribution in [2.75, 3.05) is 18.4 Å². The van der Waals surface area contributed by atoms with E-state index in [1.165, 1.54) is 15.8 Å². The minimum absolute atomic E-state index is 0.00634. The van der Waals surface area contributed by atoms with Crippen molar-refractivity contribution in [3.63, 3.8) is 0 Å². The highest BCUT2D eigenvalue weighted by Gasteiger charge is 2.48. The normalized spacial score (nSPS) is 15.6. The van der Waals surface area contributed by atoms with Crippen LogP contribution in [0.25, 0.3) is 17.2 Å². The van der Waals surface area contributed by atoms with E-state index in [1.807, 2.05) is 0 Å². The predicted molar refractivity (Wildman–Crippen MR) is 183 cm³/mol. The molecular formula is C35H32ClF3N8O6. The summed E-state index contributed by atoms with van der Waals surface area (Å²) in [6.45, 7) is 4.56. The Balaban J connectivity index is 1.26. The number of aliphatic hydroxyl groups is 1. The number of halogens is 4. The fourth-order valence-electron chi connectivity index (χ4n) is 6.67. The highest BCUT2D eigenvalue weighted by molar-refractivity contribution is 6.33. The molecule has 7 rings (SSSR count). The van der Waals surface area contributed by atoms with Crippen LogP contribution in [-0.2, 0) is 40.1 Å². The Kier molecular flexibility index (Phi) is 8.78. The van der Waals surface area contributed by atoms with Crippen LogP contribution in [0.2, 0.25) is 5.02 Å². The number of nitrogens with one attached hydrogen (secondary N) is 1. The third-order valence-electron chi connectivity index (χ3n) is 9.58. The number of piperidine rings is 1. The van der Waals surface area contributed by atoms with Crippen LogP contribution < -0.4 is 10.9 Å². The molecular weight excluding hydrogens is 721 g/mol. The number of likely N-dealkylation sites (tertiary alicyclic amines) is 1. The van der Waals surface area contributed by atoms with Gasteiger partial charge in [0.2, 0.25) is 11.7 Å². The highest BCUT2D eigenvalue weighted by Crippen LogP contribution is 2.43. The molecule has 1 spiro atoms. The molecule has 1 fully saturated rings. The maximum atomic E-state index is 14.3. The van der Waals surface area contributed by atoms with Crippen LogP contribution >= 0.6 is 11.6 Å². The quantitative estimate of drug-likeness (QED) is 0.223.